The molecule has 14 heavy (non-hydrogen) atoms. The molecule has 0 N–H and O–H groups in total. The molecule has 1 atom stereocenters. The molecule has 0 bridgehead atoms. The van der Waals surface area contributed by atoms with E-state index in [1.54, 1.807) is 0 Å². The van der Waals surface area contributed by atoms with Gasteiger partial charge in [-0.3, -0.25) is 0 Å². The standard InChI is InChI=1S/C13H19Cl/c1-9(2)11-7-5-6-8-12(11)13(14)10(3)4/h5-10,13H,1-4H3. The maximum atomic E-state index is 6.39. The third-order valence-corrected chi connectivity index (χ3v) is 3.24. The Morgan fingerprint density at radius 3 is 1.86 bits per heavy atom. The van der Waals surface area contributed by atoms with Crippen molar-refractivity contribution < 1.29 is 0 Å². The van der Waals surface area contributed by atoms with Gasteiger partial charge >= 0.3 is 0 Å². The summed E-state index contributed by atoms with van der Waals surface area (Å²) in [5.41, 5.74) is 2.67. The number of hydrogen-bond acceptors (Lipinski definition) is 0. The number of hydrogen-bond donors (Lipinski definition) is 0. The first-order chi connectivity index (χ1) is 6.54. The zero-order valence-electron chi connectivity index (χ0n) is 9.42. The van der Waals surface area contributed by atoms with Gasteiger partial charge in [0.25, 0.3) is 0 Å². The molecule has 1 rings (SSSR count). The number of benzene rings is 1. The molecule has 0 aliphatic heterocycles. The fourth-order valence-corrected chi connectivity index (χ4v) is 1.85. The predicted octanol–water partition coefficient (Wildman–Crippen LogP) is 4.75. The zero-order chi connectivity index (χ0) is 10.7. The lowest BCUT2D eigenvalue weighted by Crippen LogP contribution is -2.04. The van der Waals surface area contributed by atoms with Gasteiger partial charge in [-0.2, -0.15) is 0 Å². The van der Waals surface area contributed by atoms with E-state index in [9.17, 15) is 0 Å². The van der Waals surface area contributed by atoms with Crippen molar-refractivity contribution in [1.82, 2.24) is 0 Å². The van der Waals surface area contributed by atoms with Crippen LogP contribution in [-0.2, 0) is 0 Å². The van der Waals surface area contributed by atoms with Crippen LogP contribution in [0.4, 0.5) is 0 Å². The summed E-state index contributed by atoms with van der Waals surface area (Å²) in [6.07, 6.45) is 0. The van der Waals surface area contributed by atoms with Crippen LogP contribution < -0.4 is 0 Å². The van der Waals surface area contributed by atoms with E-state index in [-0.39, 0.29) is 5.38 Å². The van der Waals surface area contributed by atoms with Gasteiger partial charge in [-0.25, -0.2) is 0 Å². The van der Waals surface area contributed by atoms with Crippen molar-refractivity contribution in [2.75, 3.05) is 0 Å². The monoisotopic (exact) mass is 210 g/mol. The Morgan fingerprint density at radius 1 is 0.929 bits per heavy atom. The van der Waals surface area contributed by atoms with Gasteiger partial charge in [0.15, 0.2) is 0 Å². The van der Waals surface area contributed by atoms with E-state index in [0.717, 1.165) is 0 Å². The smallest absolute Gasteiger partial charge is 0.0610 e. The molecular formula is C13H19Cl. The normalized spacial score (nSPS) is 13.6. The average molecular weight is 211 g/mol. The van der Waals surface area contributed by atoms with Crippen LogP contribution in [0.25, 0.3) is 0 Å². The fraction of sp³-hybridized carbons (Fsp3) is 0.538. The van der Waals surface area contributed by atoms with Crippen LogP contribution in [0.15, 0.2) is 24.3 Å². The first kappa shape index (κ1) is 11.6. The van der Waals surface area contributed by atoms with E-state index in [1.165, 1.54) is 11.1 Å². The Hall–Kier alpha value is -0.490. The van der Waals surface area contributed by atoms with Gasteiger partial charge in [0, 0.05) is 0 Å². The zero-order valence-corrected chi connectivity index (χ0v) is 10.2. The Labute approximate surface area is 92.3 Å². The lowest BCUT2D eigenvalue weighted by molar-refractivity contribution is 0.616. The molecule has 0 fully saturated rings. The van der Waals surface area contributed by atoms with Crippen LogP contribution in [0.2, 0.25) is 0 Å². The van der Waals surface area contributed by atoms with Crippen molar-refractivity contribution in [3.05, 3.63) is 35.4 Å². The molecule has 0 radical (unpaired) electrons. The van der Waals surface area contributed by atoms with E-state index in [2.05, 4.69) is 52.0 Å². The lowest BCUT2D eigenvalue weighted by Gasteiger charge is -2.19. The van der Waals surface area contributed by atoms with Gasteiger partial charge < -0.3 is 0 Å². The summed E-state index contributed by atoms with van der Waals surface area (Å²) in [4.78, 5) is 0. The third-order valence-electron chi connectivity index (χ3n) is 2.50. The Morgan fingerprint density at radius 2 is 1.43 bits per heavy atom. The maximum absolute atomic E-state index is 6.39. The lowest BCUT2D eigenvalue weighted by atomic mass is 9.91. The molecule has 1 unspecified atom stereocenters. The van der Waals surface area contributed by atoms with Gasteiger partial charge in [-0.05, 0) is 23.0 Å². The molecular weight excluding hydrogens is 192 g/mol. The first-order valence-corrected chi connectivity index (χ1v) is 5.70. The quantitative estimate of drug-likeness (QED) is 0.632. The number of rotatable bonds is 3. The van der Waals surface area contributed by atoms with Gasteiger partial charge in [0.2, 0.25) is 0 Å². The third kappa shape index (κ3) is 2.51. The SMILES string of the molecule is CC(C)c1ccccc1C(Cl)C(C)C. The number of alkyl halides is 1. The second kappa shape index (κ2) is 4.84. The summed E-state index contributed by atoms with van der Waals surface area (Å²) < 4.78 is 0. The summed E-state index contributed by atoms with van der Waals surface area (Å²) >= 11 is 6.39. The Balaban J connectivity index is 3.06. The first-order valence-electron chi connectivity index (χ1n) is 5.27. The Bertz CT molecular complexity index is 289. The Kier molecular flexibility index (Phi) is 4.00. The summed E-state index contributed by atoms with van der Waals surface area (Å²) in [6.45, 7) is 8.75. The summed E-state index contributed by atoms with van der Waals surface area (Å²) in [5, 5.41) is 0.133. The van der Waals surface area contributed by atoms with E-state index in [0.29, 0.717) is 11.8 Å². The van der Waals surface area contributed by atoms with E-state index < -0.39 is 0 Å². The molecule has 0 aliphatic rings. The van der Waals surface area contributed by atoms with Crippen molar-refractivity contribution >= 4 is 11.6 Å². The topological polar surface area (TPSA) is 0 Å². The largest absolute Gasteiger partial charge is 0.118 e. The second-order valence-corrected chi connectivity index (χ2v) is 4.90. The maximum Gasteiger partial charge on any atom is 0.0610 e. The minimum Gasteiger partial charge on any atom is -0.118 e. The van der Waals surface area contributed by atoms with E-state index in [1.807, 2.05) is 0 Å². The van der Waals surface area contributed by atoms with Crippen molar-refractivity contribution in [2.24, 2.45) is 5.92 Å². The van der Waals surface area contributed by atoms with Crippen molar-refractivity contribution in [1.29, 1.82) is 0 Å². The molecule has 0 spiro atoms. The second-order valence-electron chi connectivity index (χ2n) is 4.43. The van der Waals surface area contributed by atoms with Crippen LogP contribution in [-0.4, -0.2) is 0 Å². The molecule has 0 aliphatic carbocycles. The van der Waals surface area contributed by atoms with Crippen LogP contribution >= 0.6 is 11.6 Å². The molecule has 0 aromatic heterocycles. The molecule has 1 heteroatoms. The van der Waals surface area contributed by atoms with E-state index in [4.69, 9.17) is 11.6 Å². The molecule has 0 nitrogen and oxygen atoms in total. The highest BCUT2D eigenvalue weighted by Crippen LogP contribution is 2.33. The molecule has 0 saturated heterocycles. The molecule has 1 aromatic carbocycles. The van der Waals surface area contributed by atoms with Gasteiger partial charge in [0.1, 0.15) is 0 Å². The summed E-state index contributed by atoms with van der Waals surface area (Å²) in [7, 11) is 0. The van der Waals surface area contributed by atoms with Gasteiger partial charge in [0.05, 0.1) is 5.38 Å². The van der Waals surface area contributed by atoms with Crippen LogP contribution in [0, 0.1) is 5.92 Å². The molecule has 0 heterocycles. The molecule has 0 amide bonds. The molecule has 1 aromatic rings. The number of halogens is 1. The van der Waals surface area contributed by atoms with Crippen molar-refractivity contribution in [3.8, 4) is 0 Å². The minimum atomic E-state index is 0.133. The van der Waals surface area contributed by atoms with Gasteiger partial charge in [-0.1, -0.05) is 52.0 Å². The van der Waals surface area contributed by atoms with Crippen LogP contribution in [0.3, 0.4) is 0 Å². The summed E-state index contributed by atoms with van der Waals surface area (Å²) in [6, 6.07) is 8.48. The van der Waals surface area contributed by atoms with Gasteiger partial charge in [-0.15, -0.1) is 11.6 Å². The average Bonchev–Trinajstić information content (AvgIpc) is 2.16. The highest BCUT2D eigenvalue weighted by molar-refractivity contribution is 6.21. The minimum absolute atomic E-state index is 0.133. The summed E-state index contributed by atoms with van der Waals surface area (Å²) in [5.74, 6) is 1.03. The van der Waals surface area contributed by atoms with Crippen molar-refractivity contribution in [2.45, 2.75) is 39.0 Å². The predicted molar refractivity (Wildman–Crippen MR) is 64.0 cm³/mol. The van der Waals surface area contributed by atoms with Crippen LogP contribution in [0.5, 0.6) is 0 Å². The van der Waals surface area contributed by atoms with Crippen molar-refractivity contribution in [3.63, 3.8) is 0 Å². The molecule has 0 saturated carbocycles. The highest BCUT2D eigenvalue weighted by Gasteiger charge is 2.16. The molecule has 78 valence electrons. The van der Waals surface area contributed by atoms with E-state index >= 15 is 0 Å². The fourth-order valence-electron chi connectivity index (χ4n) is 1.65. The highest BCUT2D eigenvalue weighted by atomic mass is 35.5. The van der Waals surface area contributed by atoms with Crippen LogP contribution in [0.1, 0.15) is 50.1 Å².